The molecule has 6 heteroatoms. The van der Waals surface area contributed by atoms with Crippen molar-refractivity contribution < 1.29 is 30.0 Å². The molecule has 1 radical (unpaired) electrons. The number of benzene rings is 3. The van der Waals surface area contributed by atoms with E-state index in [4.69, 9.17) is 10.1 Å². The number of hydrogen-bond acceptors (Lipinski definition) is 4. The van der Waals surface area contributed by atoms with Crippen LogP contribution in [-0.2, 0) is 24.9 Å². The van der Waals surface area contributed by atoms with Crippen molar-refractivity contribution in [2.45, 2.75) is 50.9 Å². The minimum absolute atomic E-state index is 0. The number of nitrogens with zero attached hydrogens (tertiary/aromatic N) is 1. The van der Waals surface area contributed by atoms with Crippen LogP contribution in [0.3, 0.4) is 0 Å². The fourth-order valence-corrected chi connectivity index (χ4v) is 8.30. The summed E-state index contributed by atoms with van der Waals surface area (Å²) in [5.41, 5.74) is 4.77. The first kappa shape index (κ1) is 32.0. The van der Waals surface area contributed by atoms with Crippen molar-refractivity contribution in [2.75, 3.05) is 0 Å². The summed E-state index contributed by atoms with van der Waals surface area (Å²) in [6.07, 6.45) is 3.12. The summed E-state index contributed by atoms with van der Waals surface area (Å²) in [6, 6.07) is 28.1. The van der Waals surface area contributed by atoms with Gasteiger partial charge in [-0.05, 0) is 13.8 Å². The van der Waals surface area contributed by atoms with Crippen LogP contribution in [0, 0.1) is 6.07 Å². The fraction of sp³-hybridized carbons (Fsp3) is 0.235. The zero-order chi connectivity index (χ0) is 28.3. The van der Waals surface area contributed by atoms with Gasteiger partial charge in [0.25, 0.3) is 0 Å². The molecule has 0 saturated carbocycles. The molecule has 0 spiro atoms. The van der Waals surface area contributed by atoms with E-state index in [1.54, 1.807) is 0 Å². The van der Waals surface area contributed by atoms with Gasteiger partial charge in [0.05, 0.1) is 5.76 Å². The quantitative estimate of drug-likeness (QED) is 0.0837. The third kappa shape index (κ3) is 7.58. The standard InChI is InChI=1S/C29H28GeNS.C5H8O2.Ir/c1-19(2)26-17-22(15-23-18-27(32-29(23)26)20-9-7-6-8-10-20)28-25-12-11-24(30(3,4)5)16-21(25)13-14-31-28;1-4(6)3-5(2)7;/h6-14,16-19H,1-5H3;3,6H,1-2H3;/q-1;;/b;4-3-;. The maximum Gasteiger partial charge on any atom is 0 e. The van der Waals surface area contributed by atoms with Crippen LogP contribution in [0.15, 0.2) is 84.8 Å². The summed E-state index contributed by atoms with van der Waals surface area (Å²) in [4.78, 5) is 16.1. The Hall–Kier alpha value is -2.57. The minimum Gasteiger partial charge on any atom is 0 e. The Kier molecular flexibility index (Phi) is 10.7. The molecule has 0 saturated heterocycles. The Labute approximate surface area is 258 Å². The molecule has 0 atom stereocenters. The number of thiophene rings is 1. The van der Waals surface area contributed by atoms with Crippen LogP contribution in [0.1, 0.15) is 39.2 Å². The van der Waals surface area contributed by atoms with E-state index in [0.717, 1.165) is 11.3 Å². The number of aromatic nitrogens is 1. The number of aliphatic hydroxyl groups is 1. The Balaban J connectivity index is 0.000000492. The molecule has 209 valence electrons. The van der Waals surface area contributed by atoms with Crippen LogP contribution in [0.25, 0.3) is 42.6 Å². The maximum absolute atomic E-state index is 10.0. The fourth-order valence-electron chi connectivity index (χ4n) is 4.55. The van der Waals surface area contributed by atoms with Crippen LogP contribution in [-0.4, -0.2) is 29.1 Å². The van der Waals surface area contributed by atoms with Gasteiger partial charge in [-0.2, -0.15) is 0 Å². The zero-order valence-corrected chi connectivity index (χ0v) is 29.4. The average Bonchev–Trinajstić information content (AvgIpc) is 3.31. The minimum atomic E-state index is -1.88. The Morgan fingerprint density at radius 1 is 1.00 bits per heavy atom. The first-order valence-corrected chi connectivity index (χ1v) is 21.4. The van der Waals surface area contributed by atoms with E-state index in [1.165, 1.54) is 61.2 Å². The summed E-state index contributed by atoms with van der Waals surface area (Å²) in [6.45, 7) is 7.40. The van der Waals surface area contributed by atoms with Gasteiger partial charge in [0.15, 0.2) is 5.78 Å². The maximum atomic E-state index is 10.0. The van der Waals surface area contributed by atoms with Gasteiger partial charge in [-0.3, -0.25) is 4.79 Å². The topological polar surface area (TPSA) is 50.2 Å². The average molecular weight is 788 g/mol. The van der Waals surface area contributed by atoms with Gasteiger partial charge in [-0.1, -0.05) is 18.2 Å². The Bertz CT molecular complexity index is 1660. The SMILES string of the molecule is CC(=O)/C=C(/C)O.CC(C)c1cc(-c2nccc3c[c]([Ge]([CH3])([CH3])[CH3])ccc23)[c-]c2cc(-c3ccccc3)sc12.[Ir]. The smallest absolute Gasteiger partial charge is 0 e. The van der Waals surface area contributed by atoms with Gasteiger partial charge in [0.1, 0.15) is 0 Å². The number of aliphatic hydroxyl groups excluding tert-OH is 1. The van der Waals surface area contributed by atoms with Gasteiger partial charge in [-0.15, -0.1) is 0 Å². The number of carbonyl (C=O) groups excluding carboxylic acids is 1. The predicted octanol–water partition coefficient (Wildman–Crippen LogP) is 9.29. The summed E-state index contributed by atoms with van der Waals surface area (Å²) in [7, 11) is 0. The van der Waals surface area contributed by atoms with E-state index in [1.807, 2.05) is 17.5 Å². The molecular weight excluding hydrogens is 751 g/mol. The summed E-state index contributed by atoms with van der Waals surface area (Å²) in [5.74, 6) is 7.71. The second kappa shape index (κ2) is 13.4. The van der Waals surface area contributed by atoms with Crippen LogP contribution in [0.5, 0.6) is 0 Å². The van der Waals surface area contributed by atoms with Crippen molar-refractivity contribution in [3.63, 3.8) is 0 Å². The van der Waals surface area contributed by atoms with Crippen LogP contribution >= 0.6 is 11.3 Å². The Morgan fingerprint density at radius 3 is 2.27 bits per heavy atom. The first-order valence-electron chi connectivity index (χ1n) is 13.3. The van der Waals surface area contributed by atoms with Crippen LogP contribution in [0.4, 0.5) is 0 Å². The third-order valence-corrected chi connectivity index (χ3v) is 12.1. The molecule has 1 N–H and O–H groups in total. The van der Waals surface area contributed by atoms with Gasteiger partial charge in [0, 0.05) is 26.2 Å². The molecule has 5 aromatic rings. The van der Waals surface area contributed by atoms with Crippen LogP contribution < -0.4 is 4.40 Å². The molecule has 0 fully saturated rings. The van der Waals surface area contributed by atoms with E-state index in [0.29, 0.717) is 5.92 Å². The number of hydrogen-bond donors (Lipinski definition) is 1. The summed E-state index contributed by atoms with van der Waals surface area (Å²) in [5, 5.41) is 12.0. The molecule has 3 aromatic carbocycles. The predicted molar refractivity (Wildman–Crippen MR) is 171 cm³/mol. The van der Waals surface area contributed by atoms with Crippen molar-refractivity contribution >= 4 is 55.6 Å². The molecule has 3 nitrogen and oxygen atoms in total. The zero-order valence-electron chi connectivity index (χ0n) is 24.1. The number of pyridine rings is 1. The van der Waals surface area contributed by atoms with Crippen molar-refractivity contribution in [1.29, 1.82) is 0 Å². The largest absolute Gasteiger partial charge is 0 e. The molecule has 0 unspecified atom stereocenters. The molecule has 0 aliphatic carbocycles. The first-order chi connectivity index (χ1) is 18.4. The molecule has 0 bridgehead atoms. The monoisotopic (exact) mass is 789 g/mol. The number of rotatable bonds is 5. The molecule has 2 aromatic heterocycles. The van der Waals surface area contributed by atoms with E-state index < -0.39 is 13.3 Å². The molecular formula is C34H36GeIrNO2S-. The number of allylic oxidation sites excluding steroid dienone is 2. The number of carbonyl (C=O) groups is 1. The van der Waals surface area contributed by atoms with Crippen molar-refractivity contribution in [2.24, 2.45) is 0 Å². The number of fused-ring (bicyclic) bond motifs is 2. The second-order valence-corrected chi connectivity index (χ2v) is 23.0. The molecule has 2 heterocycles. The van der Waals surface area contributed by atoms with E-state index in [2.05, 4.69) is 104 Å². The summed E-state index contributed by atoms with van der Waals surface area (Å²) >= 11 is -0.0119. The molecule has 0 aliphatic heterocycles. The van der Waals surface area contributed by atoms with Crippen molar-refractivity contribution in [1.82, 2.24) is 4.98 Å². The van der Waals surface area contributed by atoms with Crippen molar-refractivity contribution in [3.05, 3.63) is 96.4 Å². The van der Waals surface area contributed by atoms with Crippen molar-refractivity contribution in [3.8, 4) is 21.7 Å². The summed E-state index contributed by atoms with van der Waals surface area (Å²) < 4.78 is 2.87. The second-order valence-electron chi connectivity index (χ2n) is 11.3. The molecule has 5 rings (SSSR count). The Morgan fingerprint density at radius 2 is 1.70 bits per heavy atom. The number of ketones is 1. The van der Waals surface area contributed by atoms with E-state index in [9.17, 15) is 4.79 Å². The molecule has 40 heavy (non-hydrogen) atoms. The van der Waals surface area contributed by atoms with Gasteiger partial charge < -0.3 is 5.11 Å². The molecule has 0 amide bonds. The normalized spacial score (nSPS) is 11.8. The third-order valence-electron chi connectivity index (χ3n) is 6.54. The van der Waals surface area contributed by atoms with Crippen LogP contribution in [0.2, 0.25) is 17.3 Å². The van der Waals surface area contributed by atoms with Gasteiger partial charge in [0.2, 0.25) is 0 Å². The van der Waals surface area contributed by atoms with Gasteiger partial charge in [-0.25, -0.2) is 0 Å². The van der Waals surface area contributed by atoms with E-state index >= 15 is 0 Å². The van der Waals surface area contributed by atoms with E-state index in [-0.39, 0.29) is 31.6 Å². The molecule has 0 aliphatic rings. The van der Waals surface area contributed by atoms with Gasteiger partial charge >= 0.3 is 180 Å².